The molecule has 2 amide bonds. The number of ether oxygens (including phenoxy) is 1. The van der Waals surface area contributed by atoms with Crippen molar-refractivity contribution in [2.24, 2.45) is 11.8 Å². The zero-order valence-electron chi connectivity index (χ0n) is 20.1. The minimum atomic E-state index is -0.171. The third-order valence-corrected chi connectivity index (χ3v) is 7.12. The number of rotatable bonds is 10. The van der Waals surface area contributed by atoms with Gasteiger partial charge in [-0.1, -0.05) is 39.3 Å². The molecule has 0 saturated carbocycles. The molecule has 0 radical (unpaired) electrons. The molecule has 0 fully saturated rings. The fraction of sp³-hybridized carbons (Fsp3) is 0.538. The molecule has 2 heterocycles. The van der Waals surface area contributed by atoms with Gasteiger partial charge in [0.15, 0.2) is 0 Å². The van der Waals surface area contributed by atoms with Crippen LogP contribution in [-0.2, 0) is 16.0 Å². The number of carbonyl (C=O) groups excluding carboxylic acids is 2. The number of hydrogen-bond donors (Lipinski definition) is 0. The standard InChI is InChI=1S/C26H35ClN2O3S/c1-18(2)9-12-28(25(30)15-19(3)4)16-26(31)29-13-10-24-22(11-14-33-24)23(29)17-32-21-7-5-20(27)6-8-21/h5-8,11,14,18-19,23H,9-10,12-13,15-17H2,1-4H3/t23-/m0/s1. The Hall–Kier alpha value is -2.05. The first kappa shape index (κ1) is 25.6. The van der Waals surface area contributed by atoms with Gasteiger partial charge in [0.05, 0.1) is 12.6 Å². The highest BCUT2D eigenvalue weighted by Crippen LogP contribution is 2.34. The van der Waals surface area contributed by atoms with Gasteiger partial charge in [0.1, 0.15) is 12.4 Å². The second-order valence-electron chi connectivity index (χ2n) is 9.51. The van der Waals surface area contributed by atoms with Crippen molar-refractivity contribution in [1.29, 1.82) is 0 Å². The molecule has 0 unspecified atom stereocenters. The maximum atomic E-state index is 13.5. The molecule has 0 aliphatic carbocycles. The number of hydrogen-bond acceptors (Lipinski definition) is 4. The van der Waals surface area contributed by atoms with Crippen molar-refractivity contribution in [1.82, 2.24) is 9.80 Å². The lowest BCUT2D eigenvalue weighted by atomic mass is 10.00. The van der Waals surface area contributed by atoms with Crippen LogP contribution in [0, 0.1) is 11.8 Å². The minimum Gasteiger partial charge on any atom is -0.491 e. The molecule has 33 heavy (non-hydrogen) atoms. The fourth-order valence-corrected chi connectivity index (χ4v) is 5.07. The van der Waals surface area contributed by atoms with Crippen LogP contribution in [-0.4, -0.2) is 47.9 Å². The monoisotopic (exact) mass is 490 g/mol. The van der Waals surface area contributed by atoms with Gasteiger partial charge in [-0.3, -0.25) is 9.59 Å². The average Bonchev–Trinajstić information content (AvgIpc) is 3.24. The highest BCUT2D eigenvalue weighted by molar-refractivity contribution is 7.10. The van der Waals surface area contributed by atoms with Gasteiger partial charge in [0.25, 0.3) is 0 Å². The first-order chi connectivity index (χ1) is 15.7. The van der Waals surface area contributed by atoms with Gasteiger partial charge in [0, 0.05) is 29.4 Å². The molecule has 0 spiro atoms. The molecule has 3 rings (SSSR count). The molecule has 1 aliphatic rings. The Bertz CT molecular complexity index is 926. The van der Waals surface area contributed by atoms with Crippen LogP contribution in [0.3, 0.4) is 0 Å². The first-order valence-corrected chi connectivity index (χ1v) is 13.0. The number of benzene rings is 1. The summed E-state index contributed by atoms with van der Waals surface area (Å²) in [5.74, 6) is 1.50. The van der Waals surface area contributed by atoms with E-state index in [4.69, 9.17) is 16.3 Å². The number of fused-ring (bicyclic) bond motifs is 1. The quantitative estimate of drug-likeness (QED) is 0.421. The molecule has 1 aromatic carbocycles. The molecule has 1 atom stereocenters. The zero-order chi connectivity index (χ0) is 24.0. The normalized spacial score (nSPS) is 15.6. The SMILES string of the molecule is CC(C)CCN(CC(=O)N1CCc2sccc2[C@@H]1COc1ccc(Cl)cc1)C(=O)CC(C)C. The topological polar surface area (TPSA) is 49.9 Å². The van der Waals surface area contributed by atoms with Crippen molar-refractivity contribution in [3.05, 3.63) is 51.2 Å². The summed E-state index contributed by atoms with van der Waals surface area (Å²) in [7, 11) is 0. The van der Waals surface area contributed by atoms with Crippen LogP contribution >= 0.6 is 22.9 Å². The predicted molar refractivity (Wildman–Crippen MR) is 135 cm³/mol. The van der Waals surface area contributed by atoms with Crippen LogP contribution in [0.4, 0.5) is 0 Å². The lowest BCUT2D eigenvalue weighted by molar-refractivity contribution is -0.143. The van der Waals surface area contributed by atoms with Crippen LogP contribution in [0.15, 0.2) is 35.7 Å². The van der Waals surface area contributed by atoms with Crippen LogP contribution in [0.25, 0.3) is 0 Å². The Kier molecular flexibility index (Phi) is 9.21. The molecule has 180 valence electrons. The number of nitrogens with zero attached hydrogens (tertiary/aromatic N) is 2. The van der Waals surface area contributed by atoms with Crippen molar-refractivity contribution >= 4 is 34.8 Å². The zero-order valence-corrected chi connectivity index (χ0v) is 21.6. The summed E-state index contributed by atoms with van der Waals surface area (Å²) in [4.78, 5) is 31.3. The summed E-state index contributed by atoms with van der Waals surface area (Å²) in [6, 6.07) is 9.19. The molecule has 1 aromatic heterocycles. The van der Waals surface area contributed by atoms with Crippen molar-refractivity contribution in [2.45, 2.75) is 53.0 Å². The lowest BCUT2D eigenvalue weighted by Gasteiger charge is -2.37. The summed E-state index contributed by atoms with van der Waals surface area (Å²) >= 11 is 7.72. The fourth-order valence-electron chi connectivity index (χ4n) is 4.02. The van der Waals surface area contributed by atoms with Gasteiger partial charge in [-0.2, -0.15) is 0 Å². The van der Waals surface area contributed by atoms with E-state index in [1.807, 2.05) is 30.9 Å². The van der Waals surface area contributed by atoms with Gasteiger partial charge in [-0.05, 0) is 66.0 Å². The third kappa shape index (κ3) is 7.21. The molecule has 0 saturated heterocycles. The van der Waals surface area contributed by atoms with Gasteiger partial charge in [-0.15, -0.1) is 11.3 Å². The van der Waals surface area contributed by atoms with E-state index >= 15 is 0 Å². The second-order valence-corrected chi connectivity index (χ2v) is 10.9. The summed E-state index contributed by atoms with van der Waals surface area (Å²) in [5, 5.41) is 2.74. The summed E-state index contributed by atoms with van der Waals surface area (Å²) < 4.78 is 6.06. The molecule has 0 N–H and O–H groups in total. The Labute approximate surface area is 206 Å². The number of halogens is 1. The van der Waals surface area contributed by atoms with Crippen molar-refractivity contribution < 1.29 is 14.3 Å². The maximum absolute atomic E-state index is 13.5. The van der Waals surface area contributed by atoms with Crippen LogP contribution < -0.4 is 4.74 Å². The molecule has 0 bridgehead atoms. The summed E-state index contributed by atoms with van der Waals surface area (Å²) in [5.41, 5.74) is 1.15. The van der Waals surface area contributed by atoms with E-state index in [0.717, 1.165) is 24.2 Å². The summed E-state index contributed by atoms with van der Waals surface area (Å²) in [6.45, 7) is 10.1. The Morgan fingerprint density at radius 2 is 1.88 bits per heavy atom. The van der Waals surface area contributed by atoms with E-state index in [9.17, 15) is 9.59 Å². The maximum Gasteiger partial charge on any atom is 0.242 e. The minimum absolute atomic E-state index is 0.0163. The molecule has 5 nitrogen and oxygen atoms in total. The first-order valence-electron chi connectivity index (χ1n) is 11.8. The van der Waals surface area contributed by atoms with Crippen LogP contribution in [0.5, 0.6) is 5.75 Å². The highest BCUT2D eigenvalue weighted by Gasteiger charge is 2.33. The van der Waals surface area contributed by atoms with Crippen LogP contribution in [0.1, 0.15) is 57.0 Å². The van der Waals surface area contributed by atoms with Gasteiger partial charge in [-0.25, -0.2) is 0 Å². The van der Waals surface area contributed by atoms with Crippen LogP contribution in [0.2, 0.25) is 5.02 Å². The van der Waals surface area contributed by atoms with Gasteiger partial charge < -0.3 is 14.5 Å². The van der Waals surface area contributed by atoms with E-state index in [1.165, 1.54) is 4.88 Å². The summed E-state index contributed by atoms with van der Waals surface area (Å²) in [6.07, 6.45) is 2.18. The molecular formula is C26H35ClN2O3S. The molecular weight excluding hydrogens is 456 g/mol. The van der Waals surface area contributed by atoms with E-state index in [-0.39, 0.29) is 30.3 Å². The van der Waals surface area contributed by atoms with Crippen molar-refractivity contribution in [3.8, 4) is 5.75 Å². The predicted octanol–water partition coefficient (Wildman–Crippen LogP) is 5.83. The van der Waals surface area contributed by atoms with E-state index in [2.05, 4.69) is 25.3 Å². The van der Waals surface area contributed by atoms with Crippen molar-refractivity contribution in [3.63, 3.8) is 0 Å². The lowest BCUT2D eigenvalue weighted by Crippen LogP contribution is -2.48. The highest BCUT2D eigenvalue weighted by atomic mass is 35.5. The number of carbonyl (C=O) groups is 2. The Morgan fingerprint density at radius 1 is 1.15 bits per heavy atom. The Balaban J connectivity index is 1.74. The third-order valence-electron chi connectivity index (χ3n) is 5.87. The van der Waals surface area contributed by atoms with E-state index in [0.29, 0.717) is 37.1 Å². The molecule has 7 heteroatoms. The molecule has 2 aromatic rings. The Morgan fingerprint density at radius 3 is 2.55 bits per heavy atom. The molecule has 1 aliphatic heterocycles. The van der Waals surface area contributed by atoms with Gasteiger partial charge >= 0.3 is 0 Å². The van der Waals surface area contributed by atoms with E-state index < -0.39 is 0 Å². The average molecular weight is 491 g/mol. The number of amides is 2. The van der Waals surface area contributed by atoms with Gasteiger partial charge in [0.2, 0.25) is 11.8 Å². The van der Waals surface area contributed by atoms with Crippen molar-refractivity contribution in [2.75, 3.05) is 26.2 Å². The second kappa shape index (κ2) is 11.9. The van der Waals surface area contributed by atoms with E-state index in [1.54, 1.807) is 28.4 Å². The smallest absolute Gasteiger partial charge is 0.242 e. The number of thiophene rings is 1. The largest absolute Gasteiger partial charge is 0.491 e.